The van der Waals surface area contributed by atoms with Gasteiger partial charge in [0, 0.05) is 6.04 Å². The number of rotatable bonds is 4. The van der Waals surface area contributed by atoms with E-state index in [0.29, 0.717) is 12.0 Å². The Hall–Kier alpha value is -1.33. The maximum absolute atomic E-state index is 8.72. The highest BCUT2D eigenvalue weighted by molar-refractivity contribution is 5.35. The van der Waals surface area contributed by atoms with Crippen molar-refractivity contribution in [2.45, 2.75) is 32.2 Å². The van der Waals surface area contributed by atoms with Gasteiger partial charge in [0.1, 0.15) is 0 Å². The molecule has 2 heteroatoms. The van der Waals surface area contributed by atoms with Crippen LogP contribution >= 0.6 is 0 Å². The van der Waals surface area contributed by atoms with Crippen LogP contribution in [-0.4, -0.2) is 12.6 Å². The molecule has 16 heavy (non-hydrogen) atoms. The van der Waals surface area contributed by atoms with Crippen LogP contribution < -0.4 is 5.32 Å². The van der Waals surface area contributed by atoms with Crippen LogP contribution in [0, 0.1) is 17.2 Å². The van der Waals surface area contributed by atoms with E-state index in [1.54, 1.807) is 0 Å². The molecule has 0 heterocycles. The average molecular weight is 214 g/mol. The van der Waals surface area contributed by atoms with Crippen LogP contribution in [0.3, 0.4) is 0 Å². The van der Waals surface area contributed by atoms with Crippen LogP contribution in [0.4, 0.5) is 0 Å². The van der Waals surface area contributed by atoms with E-state index in [-0.39, 0.29) is 0 Å². The number of benzene rings is 1. The van der Waals surface area contributed by atoms with E-state index in [1.165, 1.54) is 12.0 Å². The Morgan fingerprint density at radius 3 is 2.62 bits per heavy atom. The Labute approximate surface area is 97.3 Å². The van der Waals surface area contributed by atoms with Gasteiger partial charge in [0.05, 0.1) is 11.6 Å². The molecule has 1 fully saturated rings. The molecule has 1 saturated carbocycles. The second kappa shape index (κ2) is 4.67. The first-order valence-electron chi connectivity index (χ1n) is 5.94. The van der Waals surface area contributed by atoms with Gasteiger partial charge in [0.2, 0.25) is 0 Å². The molecular weight excluding hydrogens is 196 g/mol. The van der Waals surface area contributed by atoms with Crippen LogP contribution in [0.15, 0.2) is 24.3 Å². The summed E-state index contributed by atoms with van der Waals surface area (Å²) in [5, 5.41) is 12.2. The van der Waals surface area contributed by atoms with E-state index < -0.39 is 0 Å². The van der Waals surface area contributed by atoms with Crippen molar-refractivity contribution in [3.05, 3.63) is 35.4 Å². The third-order valence-electron chi connectivity index (χ3n) is 3.18. The Bertz CT molecular complexity index is 386. The molecule has 1 aliphatic carbocycles. The predicted molar refractivity (Wildman–Crippen MR) is 65.1 cm³/mol. The molecule has 0 aliphatic heterocycles. The first-order chi connectivity index (χ1) is 7.70. The summed E-state index contributed by atoms with van der Waals surface area (Å²) in [6, 6.07) is 10.8. The molecule has 0 bridgehead atoms. The Balaban J connectivity index is 1.88. The SMILES string of the molecule is CC(C)NCC1CC1c1ccc(C#N)cc1. The zero-order valence-corrected chi connectivity index (χ0v) is 9.90. The summed E-state index contributed by atoms with van der Waals surface area (Å²) in [5.74, 6) is 1.49. The third-order valence-corrected chi connectivity index (χ3v) is 3.18. The number of hydrogen-bond acceptors (Lipinski definition) is 2. The number of nitriles is 1. The van der Waals surface area contributed by atoms with E-state index in [9.17, 15) is 0 Å². The minimum Gasteiger partial charge on any atom is -0.314 e. The molecule has 1 aromatic rings. The summed E-state index contributed by atoms with van der Waals surface area (Å²) in [5.41, 5.74) is 2.14. The van der Waals surface area contributed by atoms with Crippen LogP contribution in [0.1, 0.15) is 37.3 Å². The molecule has 0 spiro atoms. The number of nitrogens with zero attached hydrogens (tertiary/aromatic N) is 1. The fourth-order valence-corrected chi connectivity index (χ4v) is 2.07. The molecule has 0 aromatic heterocycles. The fraction of sp³-hybridized carbons (Fsp3) is 0.500. The average Bonchev–Trinajstić information content (AvgIpc) is 3.06. The zero-order valence-electron chi connectivity index (χ0n) is 9.90. The van der Waals surface area contributed by atoms with E-state index in [4.69, 9.17) is 5.26 Å². The Morgan fingerprint density at radius 1 is 1.38 bits per heavy atom. The van der Waals surface area contributed by atoms with Crippen molar-refractivity contribution in [1.82, 2.24) is 5.32 Å². The Morgan fingerprint density at radius 2 is 2.06 bits per heavy atom. The fourth-order valence-electron chi connectivity index (χ4n) is 2.07. The maximum atomic E-state index is 8.72. The third kappa shape index (κ3) is 2.62. The second-order valence-electron chi connectivity index (χ2n) is 4.90. The highest BCUT2D eigenvalue weighted by Crippen LogP contribution is 2.46. The van der Waals surface area contributed by atoms with Crippen molar-refractivity contribution in [2.75, 3.05) is 6.54 Å². The summed E-state index contributed by atoms with van der Waals surface area (Å²) in [4.78, 5) is 0. The second-order valence-corrected chi connectivity index (χ2v) is 4.90. The van der Waals surface area contributed by atoms with E-state index in [0.717, 1.165) is 18.0 Å². The van der Waals surface area contributed by atoms with Crippen LogP contribution in [0.25, 0.3) is 0 Å². The Kier molecular flexibility index (Phi) is 3.26. The van der Waals surface area contributed by atoms with Gasteiger partial charge in [0.25, 0.3) is 0 Å². The molecule has 2 atom stereocenters. The molecule has 0 radical (unpaired) electrons. The predicted octanol–water partition coefficient (Wildman–Crippen LogP) is 2.66. The summed E-state index contributed by atoms with van der Waals surface area (Å²) in [6.45, 7) is 5.47. The molecule has 0 amide bonds. The van der Waals surface area contributed by atoms with Crippen LogP contribution in [0.5, 0.6) is 0 Å². The topological polar surface area (TPSA) is 35.8 Å². The van der Waals surface area contributed by atoms with Crippen molar-refractivity contribution in [2.24, 2.45) is 5.92 Å². The molecule has 0 saturated heterocycles. The number of nitrogens with one attached hydrogen (secondary N) is 1. The molecule has 1 N–H and O–H groups in total. The molecule has 2 nitrogen and oxygen atoms in total. The van der Waals surface area contributed by atoms with Gasteiger partial charge in [-0.1, -0.05) is 26.0 Å². The molecule has 84 valence electrons. The van der Waals surface area contributed by atoms with Gasteiger partial charge in [-0.3, -0.25) is 0 Å². The standard InChI is InChI=1S/C14H18N2/c1-10(2)16-9-13-7-14(13)12-5-3-11(8-15)4-6-12/h3-6,10,13-14,16H,7,9H2,1-2H3. The lowest BCUT2D eigenvalue weighted by atomic mass is 10.1. The van der Waals surface area contributed by atoms with Gasteiger partial charge in [-0.05, 0) is 42.5 Å². The molecule has 1 aliphatic rings. The summed E-state index contributed by atoms with van der Waals surface area (Å²) in [7, 11) is 0. The quantitative estimate of drug-likeness (QED) is 0.836. The van der Waals surface area contributed by atoms with Crippen molar-refractivity contribution in [3.63, 3.8) is 0 Å². The van der Waals surface area contributed by atoms with E-state index in [1.807, 2.05) is 12.1 Å². The highest BCUT2D eigenvalue weighted by atomic mass is 14.9. The first-order valence-corrected chi connectivity index (χ1v) is 5.94. The summed E-state index contributed by atoms with van der Waals surface area (Å²) in [6.07, 6.45) is 1.28. The van der Waals surface area contributed by atoms with Crippen molar-refractivity contribution < 1.29 is 0 Å². The van der Waals surface area contributed by atoms with Gasteiger partial charge in [-0.2, -0.15) is 5.26 Å². The maximum Gasteiger partial charge on any atom is 0.0991 e. The lowest BCUT2D eigenvalue weighted by Gasteiger charge is -2.07. The summed E-state index contributed by atoms with van der Waals surface area (Å²) < 4.78 is 0. The minimum atomic E-state index is 0.571. The van der Waals surface area contributed by atoms with E-state index in [2.05, 4.69) is 37.4 Å². The van der Waals surface area contributed by atoms with Gasteiger partial charge >= 0.3 is 0 Å². The summed E-state index contributed by atoms with van der Waals surface area (Å²) >= 11 is 0. The minimum absolute atomic E-state index is 0.571. The largest absolute Gasteiger partial charge is 0.314 e. The van der Waals surface area contributed by atoms with Gasteiger partial charge in [-0.15, -0.1) is 0 Å². The molecule has 2 unspecified atom stereocenters. The van der Waals surface area contributed by atoms with Gasteiger partial charge in [0.15, 0.2) is 0 Å². The van der Waals surface area contributed by atoms with E-state index >= 15 is 0 Å². The first kappa shape index (κ1) is 11.2. The zero-order chi connectivity index (χ0) is 11.5. The monoisotopic (exact) mass is 214 g/mol. The van der Waals surface area contributed by atoms with Crippen LogP contribution in [-0.2, 0) is 0 Å². The smallest absolute Gasteiger partial charge is 0.0991 e. The molecule has 1 aromatic carbocycles. The lowest BCUT2D eigenvalue weighted by molar-refractivity contribution is 0.554. The van der Waals surface area contributed by atoms with Crippen molar-refractivity contribution >= 4 is 0 Å². The molecular formula is C14H18N2. The van der Waals surface area contributed by atoms with Gasteiger partial charge < -0.3 is 5.32 Å². The van der Waals surface area contributed by atoms with Crippen molar-refractivity contribution in [3.8, 4) is 6.07 Å². The normalized spacial score (nSPS) is 23.1. The van der Waals surface area contributed by atoms with Crippen LogP contribution in [0.2, 0.25) is 0 Å². The highest BCUT2D eigenvalue weighted by Gasteiger charge is 2.37. The van der Waals surface area contributed by atoms with Crippen molar-refractivity contribution in [1.29, 1.82) is 5.26 Å². The lowest BCUT2D eigenvalue weighted by Crippen LogP contribution is -2.25. The van der Waals surface area contributed by atoms with Gasteiger partial charge in [-0.25, -0.2) is 0 Å². The number of hydrogen-bond donors (Lipinski definition) is 1. The molecule has 2 rings (SSSR count).